The Bertz CT molecular complexity index is 583. The molecule has 2 saturated heterocycles. The van der Waals surface area contributed by atoms with Crippen LogP contribution < -0.4 is 0 Å². The summed E-state index contributed by atoms with van der Waals surface area (Å²) in [4.78, 5) is 22.5. The summed E-state index contributed by atoms with van der Waals surface area (Å²) < 4.78 is 25.9. The predicted molar refractivity (Wildman–Crippen MR) is 87.7 cm³/mol. The lowest BCUT2D eigenvalue weighted by atomic mass is 9.99. The molecule has 0 aromatic carbocycles. The Balaban J connectivity index is 2.25. The predicted octanol–water partition coefficient (Wildman–Crippen LogP) is -4.25. The second-order valence-electron chi connectivity index (χ2n) is 6.76. The molecule has 0 amide bonds. The summed E-state index contributed by atoms with van der Waals surface area (Å²) in [7, 11) is 0. The third-order valence-electron chi connectivity index (χ3n) is 4.62. The normalized spacial score (nSPS) is 42.5. The molecule has 9 atom stereocenters. The Hall–Kier alpha value is -1.42. The molecule has 29 heavy (non-hydrogen) atoms. The minimum Gasteiger partial charge on any atom is -0.463 e. The quantitative estimate of drug-likeness (QED) is 0.214. The van der Waals surface area contributed by atoms with Crippen molar-refractivity contribution in [2.24, 2.45) is 0 Å². The first kappa shape index (κ1) is 23.9. The van der Waals surface area contributed by atoms with Crippen molar-refractivity contribution >= 4 is 11.9 Å². The zero-order valence-electron chi connectivity index (χ0n) is 15.8. The Morgan fingerprint density at radius 2 is 1.62 bits per heavy atom. The molecule has 2 rings (SSSR count). The monoisotopic (exact) mass is 426 g/mol. The van der Waals surface area contributed by atoms with Crippen LogP contribution >= 0.6 is 0 Å². The summed E-state index contributed by atoms with van der Waals surface area (Å²) in [5.41, 5.74) is 0. The average Bonchev–Trinajstić information content (AvgIpc) is 2.92. The van der Waals surface area contributed by atoms with E-state index < -0.39 is 86.6 Å². The number of hydrogen-bond acceptors (Lipinski definition) is 13. The van der Waals surface area contributed by atoms with Crippen molar-refractivity contribution in [2.45, 2.75) is 68.7 Å². The van der Waals surface area contributed by atoms with Gasteiger partial charge in [0.05, 0.1) is 6.61 Å². The molecule has 2 aliphatic rings. The first-order valence-corrected chi connectivity index (χ1v) is 8.82. The van der Waals surface area contributed by atoms with Crippen molar-refractivity contribution in [1.29, 1.82) is 0 Å². The van der Waals surface area contributed by atoms with Crippen LogP contribution in [0.2, 0.25) is 0 Å². The molecular formula is C16H26O13. The standard InChI is InChI=1S/C16H26O13/c1-6(19)25-4-9-13(26-7(2)20)14(24)16(5-18,28-9)29-15-12(23)11(22)10(21)8(3-17)27-15/h8-15,17-18,21-24H,3-5H2,1-2H3/t8-,9-,10-,11+,12-,13-,14+,15+,16+/m1/s1. The largest absolute Gasteiger partial charge is 0.463 e. The van der Waals surface area contributed by atoms with Crippen LogP contribution in [0.5, 0.6) is 0 Å². The highest BCUT2D eigenvalue weighted by atomic mass is 16.8. The van der Waals surface area contributed by atoms with Crippen molar-refractivity contribution < 1.29 is 63.9 Å². The van der Waals surface area contributed by atoms with Gasteiger partial charge in [-0.05, 0) is 0 Å². The third kappa shape index (κ3) is 5.02. The highest BCUT2D eigenvalue weighted by Gasteiger charge is 2.60. The van der Waals surface area contributed by atoms with Crippen LogP contribution in [0.4, 0.5) is 0 Å². The highest BCUT2D eigenvalue weighted by molar-refractivity contribution is 5.66. The Kier molecular flexibility index (Phi) is 7.89. The van der Waals surface area contributed by atoms with Gasteiger partial charge in [-0.3, -0.25) is 9.59 Å². The van der Waals surface area contributed by atoms with Gasteiger partial charge in [0, 0.05) is 13.8 Å². The van der Waals surface area contributed by atoms with Crippen LogP contribution in [0, 0.1) is 0 Å². The number of esters is 2. The molecule has 2 heterocycles. The third-order valence-corrected chi connectivity index (χ3v) is 4.62. The van der Waals surface area contributed by atoms with Gasteiger partial charge in [-0.2, -0.15) is 0 Å². The number of rotatable bonds is 7. The number of hydrogen-bond donors (Lipinski definition) is 6. The van der Waals surface area contributed by atoms with Crippen molar-refractivity contribution in [2.75, 3.05) is 19.8 Å². The lowest BCUT2D eigenvalue weighted by Crippen LogP contribution is -2.62. The van der Waals surface area contributed by atoms with E-state index in [0.29, 0.717) is 0 Å². The number of aliphatic hydroxyl groups excluding tert-OH is 6. The summed E-state index contributed by atoms with van der Waals surface area (Å²) in [6.45, 7) is -0.0177. The molecule has 0 aromatic rings. The molecule has 168 valence electrons. The molecule has 0 aliphatic carbocycles. The number of aliphatic hydroxyl groups is 6. The number of carbonyl (C=O) groups excluding carboxylic acids is 2. The van der Waals surface area contributed by atoms with Crippen LogP contribution in [-0.2, 0) is 33.3 Å². The molecule has 0 saturated carbocycles. The van der Waals surface area contributed by atoms with Crippen LogP contribution in [0.25, 0.3) is 0 Å². The molecule has 2 fully saturated rings. The first-order valence-electron chi connectivity index (χ1n) is 8.82. The van der Waals surface area contributed by atoms with E-state index in [1.165, 1.54) is 0 Å². The SMILES string of the molecule is CC(=O)OC[C@H]1O[C@@](CO)(O[C@@H]2O[C@H](CO)[C@@H](O)[C@H](O)[C@H]2O)[C@@H](O)[C@@H]1OC(C)=O. The summed E-state index contributed by atoms with van der Waals surface area (Å²) >= 11 is 0. The fraction of sp³-hybridized carbons (Fsp3) is 0.875. The second kappa shape index (κ2) is 9.59. The molecule has 0 aromatic heterocycles. The van der Waals surface area contributed by atoms with Gasteiger partial charge in [0.15, 0.2) is 12.4 Å². The maximum absolute atomic E-state index is 11.4. The second-order valence-corrected chi connectivity index (χ2v) is 6.76. The summed E-state index contributed by atoms with van der Waals surface area (Å²) in [6.07, 6.45) is -12.8. The van der Waals surface area contributed by atoms with E-state index in [1.807, 2.05) is 0 Å². The fourth-order valence-electron chi connectivity index (χ4n) is 3.13. The highest BCUT2D eigenvalue weighted by Crippen LogP contribution is 2.37. The van der Waals surface area contributed by atoms with E-state index in [1.54, 1.807) is 0 Å². The smallest absolute Gasteiger partial charge is 0.303 e. The minimum absolute atomic E-state index is 0.454. The minimum atomic E-state index is -2.31. The molecular weight excluding hydrogens is 400 g/mol. The van der Waals surface area contributed by atoms with Gasteiger partial charge in [0.1, 0.15) is 49.8 Å². The van der Waals surface area contributed by atoms with E-state index >= 15 is 0 Å². The van der Waals surface area contributed by atoms with Gasteiger partial charge < -0.3 is 54.3 Å². The van der Waals surface area contributed by atoms with Gasteiger partial charge in [-0.15, -0.1) is 0 Å². The molecule has 2 aliphatic heterocycles. The van der Waals surface area contributed by atoms with Gasteiger partial charge >= 0.3 is 11.9 Å². The molecule has 0 spiro atoms. The van der Waals surface area contributed by atoms with Crippen LogP contribution in [0.1, 0.15) is 13.8 Å². The Morgan fingerprint density at radius 1 is 0.966 bits per heavy atom. The zero-order chi connectivity index (χ0) is 21.9. The van der Waals surface area contributed by atoms with E-state index in [4.69, 9.17) is 23.7 Å². The molecule has 6 N–H and O–H groups in total. The van der Waals surface area contributed by atoms with E-state index in [0.717, 1.165) is 13.8 Å². The summed E-state index contributed by atoms with van der Waals surface area (Å²) in [5.74, 6) is -3.79. The van der Waals surface area contributed by atoms with Crippen LogP contribution in [0.3, 0.4) is 0 Å². The zero-order valence-corrected chi connectivity index (χ0v) is 15.8. The van der Waals surface area contributed by atoms with Gasteiger partial charge in [0.2, 0.25) is 5.79 Å². The molecule has 13 heteroatoms. The molecule has 0 unspecified atom stereocenters. The number of ether oxygens (including phenoxy) is 5. The lowest BCUT2D eigenvalue weighted by Gasteiger charge is -2.43. The van der Waals surface area contributed by atoms with Crippen molar-refractivity contribution in [3.8, 4) is 0 Å². The molecule has 13 nitrogen and oxygen atoms in total. The van der Waals surface area contributed by atoms with Gasteiger partial charge in [0.25, 0.3) is 0 Å². The first-order chi connectivity index (χ1) is 13.6. The topological polar surface area (TPSA) is 202 Å². The van der Waals surface area contributed by atoms with Crippen LogP contribution in [0.15, 0.2) is 0 Å². The van der Waals surface area contributed by atoms with Gasteiger partial charge in [-0.1, -0.05) is 0 Å². The van der Waals surface area contributed by atoms with Crippen molar-refractivity contribution in [1.82, 2.24) is 0 Å². The maximum atomic E-state index is 11.4. The van der Waals surface area contributed by atoms with Crippen molar-refractivity contribution in [3.05, 3.63) is 0 Å². The maximum Gasteiger partial charge on any atom is 0.303 e. The Labute approximate surface area is 165 Å². The summed E-state index contributed by atoms with van der Waals surface area (Å²) in [5, 5.41) is 59.5. The van der Waals surface area contributed by atoms with E-state index in [2.05, 4.69) is 0 Å². The van der Waals surface area contributed by atoms with Gasteiger partial charge in [-0.25, -0.2) is 0 Å². The molecule has 0 radical (unpaired) electrons. The molecule has 0 bridgehead atoms. The Morgan fingerprint density at radius 3 is 2.14 bits per heavy atom. The van der Waals surface area contributed by atoms with Crippen LogP contribution in [-0.4, -0.2) is 117 Å². The number of carbonyl (C=O) groups is 2. The fourth-order valence-corrected chi connectivity index (χ4v) is 3.13. The van der Waals surface area contributed by atoms with E-state index in [9.17, 15) is 40.2 Å². The average molecular weight is 426 g/mol. The van der Waals surface area contributed by atoms with E-state index in [-0.39, 0.29) is 0 Å². The lowest BCUT2D eigenvalue weighted by molar-refractivity contribution is -0.383. The van der Waals surface area contributed by atoms with Crippen molar-refractivity contribution in [3.63, 3.8) is 0 Å². The summed E-state index contributed by atoms with van der Waals surface area (Å²) in [6, 6.07) is 0.